The van der Waals surface area contributed by atoms with Gasteiger partial charge in [-0.05, 0) is 12.1 Å². The number of para-hydroxylation sites is 1. The lowest BCUT2D eigenvalue weighted by atomic mass is 10.1. The minimum atomic E-state index is -0.833. The van der Waals surface area contributed by atoms with E-state index >= 15 is 0 Å². The minimum Gasteiger partial charge on any atom is -0.478 e. The summed E-state index contributed by atoms with van der Waals surface area (Å²) in [5, 5.41) is 9.12. The van der Waals surface area contributed by atoms with E-state index in [0.717, 1.165) is 37.6 Å². The quantitative estimate of drug-likeness (QED) is 0.747. The van der Waals surface area contributed by atoms with Crippen molar-refractivity contribution in [3.63, 3.8) is 0 Å². The number of hydrogen-bond acceptors (Lipinski definition) is 3. The van der Waals surface area contributed by atoms with Gasteiger partial charge in [0.05, 0.1) is 16.9 Å². The standard InChI is InChI=1S/C11H12N2O2/c14-11(15)8-2-1-3-9(12-4-5-12)10(8)13-6-7-13/h1-3H,4-7H2,(H,14,15). The van der Waals surface area contributed by atoms with Crippen LogP contribution in [0.3, 0.4) is 0 Å². The third-order valence-electron chi connectivity index (χ3n) is 2.80. The fourth-order valence-electron chi connectivity index (χ4n) is 1.86. The molecule has 2 aliphatic rings. The molecule has 0 saturated carbocycles. The molecular weight excluding hydrogens is 192 g/mol. The number of aromatic carboxylic acids is 1. The molecule has 4 heteroatoms. The molecule has 2 fully saturated rings. The summed E-state index contributed by atoms with van der Waals surface area (Å²) in [5.74, 6) is -0.833. The van der Waals surface area contributed by atoms with Gasteiger partial charge in [-0.2, -0.15) is 0 Å². The summed E-state index contributed by atoms with van der Waals surface area (Å²) < 4.78 is 0. The molecule has 0 bridgehead atoms. The predicted molar refractivity (Wildman–Crippen MR) is 57.8 cm³/mol. The predicted octanol–water partition coefficient (Wildman–Crippen LogP) is 1.02. The lowest BCUT2D eigenvalue weighted by Gasteiger charge is -2.14. The molecule has 2 aliphatic heterocycles. The first-order valence-electron chi connectivity index (χ1n) is 5.13. The number of carboxylic acid groups (broad SMARTS) is 1. The van der Waals surface area contributed by atoms with E-state index in [1.807, 2.05) is 12.1 Å². The zero-order valence-electron chi connectivity index (χ0n) is 8.31. The fraction of sp³-hybridized carbons (Fsp3) is 0.364. The molecule has 0 unspecified atom stereocenters. The average Bonchev–Trinajstić information content (AvgIpc) is 3.08. The van der Waals surface area contributed by atoms with E-state index < -0.39 is 5.97 Å². The smallest absolute Gasteiger partial charge is 0.337 e. The molecule has 0 aliphatic carbocycles. The van der Waals surface area contributed by atoms with Gasteiger partial charge in [0.15, 0.2) is 0 Å². The van der Waals surface area contributed by atoms with Gasteiger partial charge in [0.25, 0.3) is 0 Å². The summed E-state index contributed by atoms with van der Waals surface area (Å²) in [4.78, 5) is 15.4. The summed E-state index contributed by atoms with van der Waals surface area (Å²) >= 11 is 0. The van der Waals surface area contributed by atoms with Gasteiger partial charge in [-0.1, -0.05) is 6.07 Å². The molecular formula is C11H12N2O2. The van der Waals surface area contributed by atoms with Crippen LogP contribution in [0.25, 0.3) is 0 Å². The Labute approximate surface area is 87.7 Å². The van der Waals surface area contributed by atoms with Crippen molar-refractivity contribution in [3.05, 3.63) is 23.8 Å². The SMILES string of the molecule is O=C(O)c1cccc(N2CC2)c1N1CC1. The van der Waals surface area contributed by atoms with E-state index in [1.165, 1.54) is 0 Å². The summed E-state index contributed by atoms with van der Waals surface area (Å²) in [6.45, 7) is 4.05. The highest BCUT2D eigenvalue weighted by molar-refractivity contribution is 5.99. The number of carboxylic acids is 1. The van der Waals surface area contributed by atoms with E-state index in [4.69, 9.17) is 5.11 Å². The molecule has 1 N–H and O–H groups in total. The van der Waals surface area contributed by atoms with Gasteiger partial charge >= 0.3 is 5.97 Å². The Bertz CT molecular complexity index is 423. The average molecular weight is 204 g/mol. The molecule has 4 nitrogen and oxygen atoms in total. The summed E-state index contributed by atoms with van der Waals surface area (Å²) in [5.41, 5.74) is 2.41. The van der Waals surface area contributed by atoms with Crippen LogP contribution in [0.15, 0.2) is 18.2 Å². The number of carbonyl (C=O) groups is 1. The molecule has 2 saturated heterocycles. The highest BCUT2D eigenvalue weighted by Crippen LogP contribution is 2.38. The number of anilines is 2. The fourth-order valence-corrected chi connectivity index (χ4v) is 1.86. The summed E-state index contributed by atoms with van der Waals surface area (Å²) in [7, 11) is 0. The first-order valence-corrected chi connectivity index (χ1v) is 5.13. The molecule has 0 atom stereocenters. The van der Waals surface area contributed by atoms with Crippen molar-refractivity contribution in [1.82, 2.24) is 0 Å². The number of hydrogen-bond donors (Lipinski definition) is 1. The van der Waals surface area contributed by atoms with Gasteiger partial charge in [-0.25, -0.2) is 4.79 Å². The normalized spacial score (nSPS) is 17.9. The lowest BCUT2D eigenvalue weighted by molar-refractivity contribution is 0.0698. The molecule has 78 valence electrons. The van der Waals surface area contributed by atoms with Crippen LogP contribution in [0.4, 0.5) is 11.4 Å². The minimum absolute atomic E-state index is 0.428. The number of rotatable bonds is 3. The Kier molecular flexibility index (Phi) is 1.65. The second-order valence-corrected chi connectivity index (χ2v) is 3.95. The van der Waals surface area contributed by atoms with Gasteiger partial charge in [-0.15, -0.1) is 0 Å². The molecule has 0 aromatic heterocycles. The maximum absolute atomic E-state index is 11.1. The van der Waals surface area contributed by atoms with E-state index in [0.29, 0.717) is 5.56 Å². The van der Waals surface area contributed by atoms with Gasteiger partial charge in [0, 0.05) is 26.2 Å². The van der Waals surface area contributed by atoms with E-state index in [1.54, 1.807) is 6.07 Å². The first kappa shape index (κ1) is 8.59. The van der Waals surface area contributed by atoms with Crippen molar-refractivity contribution in [2.45, 2.75) is 0 Å². The van der Waals surface area contributed by atoms with E-state index in [9.17, 15) is 4.79 Å². The van der Waals surface area contributed by atoms with Crippen molar-refractivity contribution < 1.29 is 9.90 Å². The van der Waals surface area contributed by atoms with Gasteiger partial charge < -0.3 is 14.9 Å². The van der Waals surface area contributed by atoms with Crippen LogP contribution < -0.4 is 9.80 Å². The van der Waals surface area contributed by atoms with E-state index in [-0.39, 0.29) is 0 Å². The van der Waals surface area contributed by atoms with Crippen LogP contribution in [0.2, 0.25) is 0 Å². The zero-order valence-corrected chi connectivity index (χ0v) is 8.31. The molecule has 0 amide bonds. The molecule has 0 radical (unpaired) electrons. The summed E-state index contributed by atoms with van der Waals surface area (Å²) in [6.07, 6.45) is 0. The Morgan fingerprint density at radius 3 is 2.33 bits per heavy atom. The van der Waals surface area contributed by atoms with Crippen molar-refractivity contribution >= 4 is 17.3 Å². The summed E-state index contributed by atoms with van der Waals surface area (Å²) in [6, 6.07) is 5.51. The molecule has 3 rings (SSSR count). The van der Waals surface area contributed by atoms with Crippen LogP contribution >= 0.6 is 0 Å². The van der Waals surface area contributed by atoms with Gasteiger partial charge in [0.1, 0.15) is 0 Å². The second-order valence-electron chi connectivity index (χ2n) is 3.95. The second kappa shape index (κ2) is 2.89. The molecule has 1 aromatic rings. The first-order chi connectivity index (χ1) is 7.27. The van der Waals surface area contributed by atoms with Crippen molar-refractivity contribution in [2.75, 3.05) is 36.0 Å². The van der Waals surface area contributed by atoms with Crippen molar-refractivity contribution in [3.8, 4) is 0 Å². The molecule has 2 heterocycles. The molecule has 15 heavy (non-hydrogen) atoms. The largest absolute Gasteiger partial charge is 0.478 e. The third kappa shape index (κ3) is 1.42. The van der Waals surface area contributed by atoms with Crippen LogP contribution in [0.1, 0.15) is 10.4 Å². The molecule has 1 aromatic carbocycles. The van der Waals surface area contributed by atoms with Crippen LogP contribution in [0, 0.1) is 0 Å². The number of nitrogens with zero attached hydrogens (tertiary/aromatic N) is 2. The van der Waals surface area contributed by atoms with E-state index in [2.05, 4.69) is 9.80 Å². The van der Waals surface area contributed by atoms with Crippen molar-refractivity contribution in [2.24, 2.45) is 0 Å². The lowest BCUT2D eigenvalue weighted by Crippen LogP contribution is -2.07. The highest BCUT2D eigenvalue weighted by atomic mass is 16.4. The van der Waals surface area contributed by atoms with Crippen LogP contribution in [0.5, 0.6) is 0 Å². The van der Waals surface area contributed by atoms with Gasteiger partial charge in [-0.3, -0.25) is 0 Å². The maximum Gasteiger partial charge on any atom is 0.337 e. The molecule has 0 spiro atoms. The van der Waals surface area contributed by atoms with Crippen LogP contribution in [-0.4, -0.2) is 37.3 Å². The van der Waals surface area contributed by atoms with Crippen LogP contribution in [-0.2, 0) is 0 Å². The highest BCUT2D eigenvalue weighted by Gasteiger charge is 2.31. The Morgan fingerprint density at radius 2 is 1.80 bits per heavy atom. The zero-order chi connectivity index (χ0) is 10.4. The topological polar surface area (TPSA) is 43.3 Å². The Hall–Kier alpha value is -1.71. The maximum atomic E-state index is 11.1. The Balaban J connectivity index is 2.12. The Morgan fingerprint density at radius 1 is 1.13 bits per heavy atom. The number of benzene rings is 1. The monoisotopic (exact) mass is 204 g/mol. The third-order valence-corrected chi connectivity index (χ3v) is 2.80. The van der Waals surface area contributed by atoms with Gasteiger partial charge in [0.2, 0.25) is 0 Å². The van der Waals surface area contributed by atoms with Crippen molar-refractivity contribution in [1.29, 1.82) is 0 Å².